The molecule has 1 saturated carbocycles. The van der Waals surface area contributed by atoms with Gasteiger partial charge in [0.05, 0.1) is 0 Å². The third-order valence-corrected chi connectivity index (χ3v) is 3.14. The standard InChI is InChI=1S/C6H15N3O6S/c7-4(8)2-1-3-5(10,6(4,9)11)15-16(12,13)14/h10-11H,1-3,7-9H2,(H,12,13,14). The second-order valence-corrected chi connectivity index (χ2v) is 4.98. The number of hydrogen-bond donors (Lipinski definition) is 6. The van der Waals surface area contributed by atoms with E-state index in [1.165, 1.54) is 0 Å². The maximum Gasteiger partial charge on any atom is 0.400 e. The maximum absolute atomic E-state index is 10.5. The largest absolute Gasteiger partial charge is 0.400 e. The highest BCUT2D eigenvalue weighted by Crippen LogP contribution is 2.38. The molecule has 2 atom stereocenters. The molecule has 9 N–H and O–H groups in total. The Bertz CT molecular complexity index is 380. The van der Waals surface area contributed by atoms with Crippen LogP contribution in [0.3, 0.4) is 0 Å². The Balaban J connectivity index is 3.12. The molecule has 0 saturated heterocycles. The Morgan fingerprint density at radius 1 is 1.12 bits per heavy atom. The SMILES string of the molecule is NC1(N)CCCC(O)(OS(=O)(=O)O)C1(N)O. The quantitative estimate of drug-likeness (QED) is 0.221. The van der Waals surface area contributed by atoms with E-state index in [4.69, 9.17) is 21.8 Å². The molecule has 0 aliphatic heterocycles. The zero-order valence-corrected chi connectivity index (χ0v) is 9.14. The van der Waals surface area contributed by atoms with Crippen molar-refractivity contribution in [3.05, 3.63) is 0 Å². The molecule has 0 aromatic heterocycles. The van der Waals surface area contributed by atoms with Crippen molar-refractivity contribution in [1.29, 1.82) is 0 Å². The first-order valence-electron chi connectivity index (χ1n) is 4.41. The monoisotopic (exact) mass is 257 g/mol. The van der Waals surface area contributed by atoms with Gasteiger partial charge in [0.2, 0.25) is 11.5 Å². The van der Waals surface area contributed by atoms with Gasteiger partial charge in [0.1, 0.15) is 5.66 Å². The highest BCUT2D eigenvalue weighted by Gasteiger charge is 2.62. The molecule has 1 fully saturated rings. The molecule has 0 bridgehead atoms. The summed E-state index contributed by atoms with van der Waals surface area (Å²) in [5, 5.41) is 19.5. The Labute approximate surface area is 92.1 Å². The van der Waals surface area contributed by atoms with Crippen molar-refractivity contribution in [2.75, 3.05) is 0 Å². The molecule has 0 spiro atoms. The fraction of sp³-hybridized carbons (Fsp3) is 1.00. The fourth-order valence-electron chi connectivity index (χ4n) is 1.64. The first-order chi connectivity index (χ1) is 6.91. The molecule has 96 valence electrons. The summed E-state index contributed by atoms with van der Waals surface area (Å²) in [5.74, 6) is -2.76. The molecule has 1 rings (SSSR count). The lowest BCUT2D eigenvalue weighted by molar-refractivity contribution is -0.296. The summed E-state index contributed by atoms with van der Waals surface area (Å²) in [5.41, 5.74) is 11.5. The minimum absolute atomic E-state index is 0.0527. The minimum atomic E-state index is -5.00. The lowest BCUT2D eigenvalue weighted by atomic mass is 9.78. The molecule has 0 radical (unpaired) electrons. The summed E-state index contributed by atoms with van der Waals surface area (Å²) in [6, 6.07) is 0. The van der Waals surface area contributed by atoms with Gasteiger partial charge in [-0.05, 0) is 12.8 Å². The van der Waals surface area contributed by atoms with Gasteiger partial charge in [-0.25, -0.2) is 4.18 Å². The molecule has 0 aromatic rings. The van der Waals surface area contributed by atoms with Gasteiger partial charge in [-0.2, -0.15) is 8.42 Å². The summed E-state index contributed by atoms with van der Waals surface area (Å²) in [7, 11) is -5.00. The van der Waals surface area contributed by atoms with Crippen LogP contribution in [0.15, 0.2) is 0 Å². The van der Waals surface area contributed by atoms with E-state index >= 15 is 0 Å². The molecule has 1 aliphatic rings. The van der Waals surface area contributed by atoms with Crippen molar-refractivity contribution in [2.24, 2.45) is 17.2 Å². The van der Waals surface area contributed by atoms with Crippen LogP contribution in [0.25, 0.3) is 0 Å². The van der Waals surface area contributed by atoms with Crippen LogP contribution in [0.4, 0.5) is 0 Å². The summed E-state index contributed by atoms with van der Waals surface area (Å²) in [6.07, 6.45) is -0.119. The fourth-order valence-corrected chi connectivity index (χ4v) is 2.20. The van der Waals surface area contributed by atoms with E-state index < -0.39 is 27.6 Å². The smallest absolute Gasteiger partial charge is 0.368 e. The highest BCUT2D eigenvalue weighted by molar-refractivity contribution is 7.80. The van der Waals surface area contributed by atoms with Crippen LogP contribution in [0.5, 0.6) is 0 Å². The molecule has 0 heterocycles. The van der Waals surface area contributed by atoms with E-state index in [-0.39, 0.29) is 19.3 Å². The van der Waals surface area contributed by atoms with Crippen molar-refractivity contribution in [3.8, 4) is 0 Å². The third-order valence-electron chi connectivity index (χ3n) is 2.65. The summed E-state index contributed by atoms with van der Waals surface area (Å²) in [4.78, 5) is 0. The minimum Gasteiger partial charge on any atom is -0.368 e. The Morgan fingerprint density at radius 3 is 2.06 bits per heavy atom. The van der Waals surface area contributed by atoms with Gasteiger partial charge < -0.3 is 21.7 Å². The van der Waals surface area contributed by atoms with Crippen LogP contribution in [0.2, 0.25) is 0 Å². The van der Waals surface area contributed by atoms with E-state index in [1.54, 1.807) is 0 Å². The molecule has 1 aliphatic carbocycles. The van der Waals surface area contributed by atoms with Crippen LogP contribution in [-0.4, -0.2) is 40.4 Å². The maximum atomic E-state index is 10.5. The second kappa shape index (κ2) is 3.58. The van der Waals surface area contributed by atoms with Crippen LogP contribution in [0, 0.1) is 0 Å². The normalized spacial score (nSPS) is 39.6. The summed E-state index contributed by atoms with van der Waals surface area (Å²) < 4.78 is 33.5. The molecule has 16 heavy (non-hydrogen) atoms. The van der Waals surface area contributed by atoms with Crippen LogP contribution < -0.4 is 17.2 Å². The van der Waals surface area contributed by atoms with Crippen LogP contribution >= 0.6 is 0 Å². The zero-order valence-electron chi connectivity index (χ0n) is 8.33. The number of rotatable bonds is 2. The zero-order chi connectivity index (χ0) is 12.8. The predicted octanol–water partition coefficient (Wildman–Crippen LogP) is -3.06. The van der Waals surface area contributed by atoms with Crippen molar-refractivity contribution >= 4 is 10.4 Å². The van der Waals surface area contributed by atoms with Gasteiger partial charge in [0, 0.05) is 6.42 Å². The van der Waals surface area contributed by atoms with Crippen molar-refractivity contribution in [2.45, 2.75) is 36.4 Å². The summed E-state index contributed by atoms with van der Waals surface area (Å²) >= 11 is 0. The number of hydrogen-bond acceptors (Lipinski definition) is 8. The summed E-state index contributed by atoms with van der Waals surface area (Å²) in [6.45, 7) is 0. The predicted molar refractivity (Wildman–Crippen MR) is 51.7 cm³/mol. The van der Waals surface area contributed by atoms with Gasteiger partial charge in [-0.3, -0.25) is 10.3 Å². The molecular formula is C6H15N3O6S. The van der Waals surface area contributed by atoms with Gasteiger partial charge in [-0.15, -0.1) is 0 Å². The molecule has 9 nitrogen and oxygen atoms in total. The second-order valence-electron chi connectivity index (χ2n) is 3.96. The molecule has 2 unspecified atom stereocenters. The Hall–Kier alpha value is -0.330. The van der Waals surface area contributed by atoms with E-state index in [0.717, 1.165) is 0 Å². The van der Waals surface area contributed by atoms with Crippen LogP contribution in [0.1, 0.15) is 19.3 Å². The van der Waals surface area contributed by atoms with Crippen LogP contribution in [-0.2, 0) is 14.6 Å². The Kier molecular flexibility index (Phi) is 3.07. The van der Waals surface area contributed by atoms with Crippen molar-refractivity contribution in [1.82, 2.24) is 0 Å². The molecule has 0 aromatic carbocycles. The average Bonchev–Trinajstić information content (AvgIpc) is 1.97. The van der Waals surface area contributed by atoms with E-state index in [2.05, 4.69) is 4.18 Å². The first-order valence-corrected chi connectivity index (χ1v) is 5.77. The number of aliphatic hydroxyl groups is 2. The van der Waals surface area contributed by atoms with E-state index in [1.807, 2.05) is 0 Å². The topological polar surface area (TPSA) is 182 Å². The number of nitrogens with two attached hydrogens (primary N) is 3. The van der Waals surface area contributed by atoms with Crippen molar-refractivity contribution < 1.29 is 27.4 Å². The average molecular weight is 257 g/mol. The van der Waals surface area contributed by atoms with E-state index in [0.29, 0.717) is 0 Å². The lowest BCUT2D eigenvalue weighted by Gasteiger charge is -2.50. The molecule has 0 amide bonds. The third kappa shape index (κ3) is 2.19. The van der Waals surface area contributed by atoms with Gasteiger partial charge in [-0.1, -0.05) is 0 Å². The van der Waals surface area contributed by atoms with Gasteiger partial charge in [0.25, 0.3) is 0 Å². The van der Waals surface area contributed by atoms with Crippen molar-refractivity contribution in [3.63, 3.8) is 0 Å². The molecular weight excluding hydrogens is 242 g/mol. The van der Waals surface area contributed by atoms with Gasteiger partial charge in [0.15, 0.2) is 0 Å². The van der Waals surface area contributed by atoms with E-state index in [9.17, 15) is 18.6 Å². The molecule has 10 heteroatoms. The first kappa shape index (κ1) is 13.7. The lowest BCUT2D eigenvalue weighted by Crippen LogP contribution is -2.82. The highest BCUT2D eigenvalue weighted by atomic mass is 32.3. The van der Waals surface area contributed by atoms with Gasteiger partial charge >= 0.3 is 10.4 Å². The Morgan fingerprint density at radius 2 is 1.62 bits per heavy atom.